The smallest absolute Gasteiger partial charge is 0.408 e. The molecule has 0 spiro atoms. The Hall–Kier alpha value is -3.97. The number of nitrogens with one attached hydrogen (secondary N) is 1. The van der Waals surface area contributed by atoms with Gasteiger partial charge in [0.05, 0.1) is 16.7 Å². The van der Waals surface area contributed by atoms with Gasteiger partial charge in [-0.05, 0) is 70.2 Å². The standard InChI is InChI=1S/C31H35N5O2/c1-5-36(32)28-25-20-24(21-10-7-6-8-11-21)27(34-26(25)16-19-33-28)22-12-14-23(15-13-22)31(17-9-18-31)35-29(37)38-30(2,3)4/h6-8,10-16,19-20H,5,9,17-18,32H2,1-4H3,(H,35,37). The molecule has 3 N–H and O–H groups in total. The number of carbonyl (C=O) groups is 1. The third-order valence-electron chi connectivity index (χ3n) is 7.08. The third-order valence-corrected chi connectivity index (χ3v) is 7.08. The summed E-state index contributed by atoms with van der Waals surface area (Å²) in [7, 11) is 0. The lowest BCUT2D eigenvalue weighted by atomic mass is 9.71. The second-order valence-electron chi connectivity index (χ2n) is 10.9. The van der Waals surface area contributed by atoms with Gasteiger partial charge in [-0.3, -0.25) is 5.01 Å². The number of alkyl carbamates (subject to hydrolysis) is 1. The zero-order valence-corrected chi connectivity index (χ0v) is 22.5. The summed E-state index contributed by atoms with van der Waals surface area (Å²) in [5, 5.41) is 5.70. The molecular weight excluding hydrogens is 474 g/mol. The van der Waals surface area contributed by atoms with Crippen LogP contribution in [0.25, 0.3) is 33.3 Å². The number of amides is 1. The summed E-state index contributed by atoms with van der Waals surface area (Å²) in [4.78, 5) is 22.2. The van der Waals surface area contributed by atoms with Gasteiger partial charge in [0.2, 0.25) is 0 Å². The zero-order valence-electron chi connectivity index (χ0n) is 22.5. The molecule has 1 aliphatic rings. The molecule has 0 radical (unpaired) electrons. The molecule has 7 nitrogen and oxygen atoms in total. The lowest BCUT2D eigenvalue weighted by Gasteiger charge is -2.43. The van der Waals surface area contributed by atoms with Crippen molar-refractivity contribution in [3.63, 3.8) is 0 Å². The van der Waals surface area contributed by atoms with E-state index >= 15 is 0 Å². The average molecular weight is 510 g/mol. The van der Waals surface area contributed by atoms with E-state index in [0.717, 1.165) is 58.1 Å². The Kier molecular flexibility index (Phi) is 6.80. The van der Waals surface area contributed by atoms with Crippen LogP contribution < -0.4 is 16.2 Å². The molecule has 38 heavy (non-hydrogen) atoms. The van der Waals surface area contributed by atoms with Gasteiger partial charge < -0.3 is 10.1 Å². The van der Waals surface area contributed by atoms with Crippen LogP contribution in [-0.2, 0) is 10.3 Å². The largest absolute Gasteiger partial charge is 0.444 e. The number of aromatic nitrogens is 2. The van der Waals surface area contributed by atoms with Crippen LogP contribution >= 0.6 is 0 Å². The predicted molar refractivity (Wildman–Crippen MR) is 153 cm³/mol. The molecule has 7 heteroatoms. The molecule has 0 aliphatic heterocycles. The van der Waals surface area contributed by atoms with Crippen molar-refractivity contribution in [2.45, 2.75) is 58.1 Å². The van der Waals surface area contributed by atoms with Crippen molar-refractivity contribution in [2.75, 3.05) is 11.6 Å². The highest BCUT2D eigenvalue weighted by Crippen LogP contribution is 2.43. The molecule has 2 heterocycles. The van der Waals surface area contributed by atoms with Crippen LogP contribution in [0.5, 0.6) is 0 Å². The van der Waals surface area contributed by atoms with Crippen LogP contribution in [0.2, 0.25) is 0 Å². The van der Waals surface area contributed by atoms with E-state index in [1.807, 2.05) is 52.0 Å². The lowest BCUT2D eigenvalue weighted by molar-refractivity contribution is 0.0377. The van der Waals surface area contributed by atoms with Gasteiger partial charge >= 0.3 is 6.09 Å². The maximum absolute atomic E-state index is 12.6. The van der Waals surface area contributed by atoms with Gasteiger partial charge in [0.25, 0.3) is 0 Å². The summed E-state index contributed by atoms with van der Waals surface area (Å²) >= 11 is 0. The van der Waals surface area contributed by atoms with Crippen molar-refractivity contribution in [3.8, 4) is 22.4 Å². The number of ether oxygens (including phenoxy) is 1. The summed E-state index contributed by atoms with van der Waals surface area (Å²) < 4.78 is 5.55. The van der Waals surface area contributed by atoms with Gasteiger partial charge in [-0.15, -0.1) is 0 Å². The van der Waals surface area contributed by atoms with E-state index in [-0.39, 0.29) is 6.09 Å². The summed E-state index contributed by atoms with van der Waals surface area (Å²) in [5.74, 6) is 6.95. The van der Waals surface area contributed by atoms with Gasteiger partial charge in [-0.25, -0.2) is 20.6 Å². The van der Waals surface area contributed by atoms with Crippen molar-refractivity contribution in [2.24, 2.45) is 5.84 Å². The maximum atomic E-state index is 12.6. The number of carbonyl (C=O) groups excluding carboxylic acids is 1. The van der Waals surface area contributed by atoms with E-state index in [9.17, 15) is 4.79 Å². The van der Waals surface area contributed by atoms with Crippen molar-refractivity contribution < 1.29 is 9.53 Å². The SMILES string of the molecule is CCN(N)c1nccc2nc(-c3ccc(C4(NC(=O)OC(C)(C)C)CCC4)cc3)c(-c3ccccc3)cc12. The molecule has 0 unspecified atom stereocenters. The fraction of sp³-hybridized carbons (Fsp3) is 0.323. The quantitative estimate of drug-likeness (QED) is 0.226. The van der Waals surface area contributed by atoms with E-state index in [4.69, 9.17) is 15.6 Å². The fourth-order valence-electron chi connectivity index (χ4n) is 4.98. The van der Waals surface area contributed by atoms with Crippen LogP contribution in [0.15, 0.2) is 72.9 Å². The Labute approximate surface area is 224 Å². The van der Waals surface area contributed by atoms with Crippen LogP contribution in [-0.4, -0.2) is 28.2 Å². The molecule has 2 aromatic heterocycles. The minimum absolute atomic E-state index is 0.380. The second-order valence-corrected chi connectivity index (χ2v) is 10.9. The molecular formula is C31H35N5O2. The number of hydrogen-bond acceptors (Lipinski definition) is 6. The van der Waals surface area contributed by atoms with Crippen LogP contribution in [0.3, 0.4) is 0 Å². The second kappa shape index (κ2) is 10.1. The zero-order chi connectivity index (χ0) is 26.9. The van der Waals surface area contributed by atoms with E-state index < -0.39 is 11.1 Å². The Balaban J connectivity index is 1.56. The number of fused-ring (bicyclic) bond motifs is 1. The van der Waals surface area contributed by atoms with Crippen molar-refractivity contribution in [1.82, 2.24) is 15.3 Å². The van der Waals surface area contributed by atoms with Crippen LogP contribution in [0.1, 0.15) is 52.5 Å². The molecule has 196 valence electrons. The summed E-state index contributed by atoms with van der Waals surface area (Å²) in [6, 6.07) is 22.7. The van der Waals surface area contributed by atoms with E-state index in [2.05, 4.69) is 52.8 Å². The average Bonchev–Trinajstić information content (AvgIpc) is 2.89. The molecule has 1 aliphatic carbocycles. The summed E-state index contributed by atoms with van der Waals surface area (Å²) in [6.07, 6.45) is 4.20. The lowest BCUT2D eigenvalue weighted by Crippen LogP contribution is -2.52. The summed E-state index contributed by atoms with van der Waals surface area (Å²) in [5.41, 5.74) is 4.93. The molecule has 4 aromatic rings. The van der Waals surface area contributed by atoms with Crippen LogP contribution in [0.4, 0.5) is 10.6 Å². The topological polar surface area (TPSA) is 93.4 Å². The molecule has 1 saturated carbocycles. The molecule has 0 atom stereocenters. The van der Waals surface area contributed by atoms with Gasteiger partial charge in [0, 0.05) is 29.3 Å². The van der Waals surface area contributed by atoms with Crippen molar-refractivity contribution in [3.05, 3.63) is 78.5 Å². The first-order valence-corrected chi connectivity index (χ1v) is 13.2. The first kappa shape index (κ1) is 25.7. The number of rotatable bonds is 6. The first-order valence-electron chi connectivity index (χ1n) is 13.2. The monoisotopic (exact) mass is 509 g/mol. The molecule has 2 aromatic carbocycles. The predicted octanol–water partition coefficient (Wildman–Crippen LogP) is 6.57. The fourth-order valence-corrected chi connectivity index (χ4v) is 4.98. The van der Waals surface area contributed by atoms with Gasteiger partial charge in [-0.2, -0.15) is 0 Å². The number of nitrogens with two attached hydrogens (primary N) is 1. The van der Waals surface area contributed by atoms with Gasteiger partial charge in [0.1, 0.15) is 5.60 Å². The van der Waals surface area contributed by atoms with Crippen molar-refractivity contribution >= 4 is 22.8 Å². The van der Waals surface area contributed by atoms with Gasteiger partial charge in [-0.1, -0.05) is 54.6 Å². The Morgan fingerprint density at radius 3 is 2.37 bits per heavy atom. The number of hydrogen-bond donors (Lipinski definition) is 2. The number of pyridine rings is 2. The minimum Gasteiger partial charge on any atom is -0.444 e. The molecule has 0 saturated heterocycles. The van der Waals surface area contributed by atoms with Crippen molar-refractivity contribution in [1.29, 1.82) is 0 Å². The Bertz CT molecular complexity index is 1440. The Morgan fingerprint density at radius 2 is 1.76 bits per heavy atom. The van der Waals surface area contributed by atoms with E-state index in [1.165, 1.54) is 0 Å². The third kappa shape index (κ3) is 5.07. The highest BCUT2D eigenvalue weighted by atomic mass is 16.6. The highest BCUT2D eigenvalue weighted by molar-refractivity contribution is 5.97. The van der Waals surface area contributed by atoms with E-state index in [1.54, 1.807) is 11.2 Å². The van der Waals surface area contributed by atoms with E-state index in [0.29, 0.717) is 12.4 Å². The summed E-state index contributed by atoms with van der Waals surface area (Å²) in [6.45, 7) is 8.26. The number of nitrogens with zero attached hydrogens (tertiary/aromatic N) is 3. The Morgan fingerprint density at radius 1 is 1.05 bits per heavy atom. The molecule has 1 fully saturated rings. The minimum atomic E-state index is -0.540. The highest BCUT2D eigenvalue weighted by Gasteiger charge is 2.41. The van der Waals surface area contributed by atoms with Gasteiger partial charge in [0.15, 0.2) is 5.82 Å². The maximum Gasteiger partial charge on any atom is 0.408 e. The molecule has 0 bridgehead atoms. The molecule has 1 amide bonds. The first-order chi connectivity index (χ1) is 18.2. The van der Waals surface area contributed by atoms with Crippen LogP contribution in [0, 0.1) is 0 Å². The normalized spacial score (nSPS) is 14.6. The number of hydrazine groups is 1. The number of benzene rings is 2. The number of anilines is 1. The molecule has 5 rings (SSSR count).